The summed E-state index contributed by atoms with van der Waals surface area (Å²) in [7, 11) is 3.33. The van der Waals surface area contributed by atoms with Crippen molar-refractivity contribution in [2.45, 2.75) is 142 Å². The predicted molar refractivity (Wildman–Crippen MR) is 211 cm³/mol. The fourth-order valence-electron chi connectivity index (χ4n) is 4.57. The predicted octanol–water partition coefficient (Wildman–Crippen LogP) is 13.2. The maximum Gasteiger partial charge on any atom is 0.405 e. The summed E-state index contributed by atoms with van der Waals surface area (Å²) in [5, 5.41) is 3.16. The average Bonchev–Trinajstić information content (AvgIpc) is 2.96. The number of nitrogens with one attached hydrogen (secondary N) is 1. The molecular weight excluding hydrogens is 649 g/mol. The zero-order valence-electron chi connectivity index (χ0n) is 29.1. The minimum Gasteiger partial charge on any atom is -0.296 e. The lowest BCUT2D eigenvalue weighted by Gasteiger charge is -2.20. The standard InChI is InChI=1S/C33H72NO3P2S4/c1-6-8-10-12-14-16-18-20-22-24-30-40-42-32-27-36-39(35,34-26-29-38(3,4)5)37-28-33-43-41-31-25-23-21-19-17-15-13-11-9-7-2/h6-33H2,1-5H3,(H,34,35)/q+1. The molecule has 0 amide bonds. The zero-order valence-corrected chi connectivity index (χ0v) is 34.1. The SMILES string of the molecule is CCCCCCCCCCCCSSCCOP(=O)(NCC[P+](C)(C)C)OCCSSCCCCCCCCCCCC. The van der Waals surface area contributed by atoms with Gasteiger partial charge in [0.05, 0.1) is 19.4 Å². The first-order valence-corrected chi connectivity index (χ1v) is 27.6. The molecule has 0 heterocycles. The normalized spacial score (nSPS) is 12.4. The summed E-state index contributed by atoms with van der Waals surface area (Å²) >= 11 is 0. The van der Waals surface area contributed by atoms with Crippen LogP contribution in [0.4, 0.5) is 0 Å². The zero-order chi connectivity index (χ0) is 31.7. The van der Waals surface area contributed by atoms with E-state index >= 15 is 0 Å². The molecule has 0 aromatic carbocycles. The van der Waals surface area contributed by atoms with E-state index in [1.807, 2.05) is 43.2 Å². The van der Waals surface area contributed by atoms with Gasteiger partial charge in [0.15, 0.2) is 0 Å². The molecular formula is C33H72NO3P2S4+. The van der Waals surface area contributed by atoms with Crippen molar-refractivity contribution in [2.75, 3.05) is 68.9 Å². The Morgan fingerprint density at radius 3 is 1.19 bits per heavy atom. The van der Waals surface area contributed by atoms with Gasteiger partial charge in [-0.3, -0.25) is 9.05 Å². The summed E-state index contributed by atoms with van der Waals surface area (Å²) in [6.07, 6.45) is 28.7. The van der Waals surface area contributed by atoms with Crippen molar-refractivity contribution in [1.29, 1.82) is 0 Å². The molecule has 0 fully saturated rings. The fourth-order valence-corrected chi connectivity index (χ4v) is 11.0. The molecule has 0 atom stereocenters. The van der Waals surface area contributed by atoms with Crippen molar-refractivity contribution in [3.05, 3.63) is 0 Å². The molecule has 0 saturated carbocycles. The Kier molecular flexibility index (Phi) is 35.4. The highest BCUT2D eigenvalue weighted by Crippen LogP contribution is 2.48. The second kappa shape index (κ2) is 33.8. The van der Waals surface area contributed by atoms with Crippen LogP contribution in [0, 0.1) is 0 Å². The van der Waals surface area contributed by atoms with Gasteiger partial charge < -0.3 is 0 Å². The largest absolute Gasteiger partial charge is 0.405 e. The molecule has 0 aliphatic heterocycles. The van der Waals surface area contributed by atoms with Crippen LogP contribution in [0.5, 0.6) is 0 Å². The second-order valence-electron chi connectivity index (χ2n) is 12.7. The first-order chi connectivity index (χ1) is 20.8. The highest BCUT2D eigenvalue weighted by molar-refractivity contribution is 8.77. The second-order valence-corrected chi connectivity index (χ2v) is 25.0. The Balaban J connectivity index is 3.88. The lowest BCUT2D eigenvalue weighted by atomic mass is 10.1. The number of rotatable bonds is 36. The maximum atomic E-state index is 13.4. The Morgan fingerprint density at radius 2 is 0.837 bits per heavy atom. The lowest BCUT2D eigenvalue weighted by Crippen LogP contribution is -2.20. The topological polar surface area (TPSA) is 47.6 Å². The van der Waals surface area contributed by atoms with Crippen molar-refractivity contribution in [3.8, 4) is 0 Å². The molecule has 0 rings (SSSR count). The molecule has 0 aromatic rings. The minimum atomic E-state index is -3.26. The molecule has 0 bridgehead atoms. The van der Waals surface area contributed by atoms with Crippen LogP contribution < -0.4 is 5.09 Å². The van der Waals surface area contributed by atoms with E-state index in [9.17, 15) is 4.57 Å². The van der Waals surface area contributed by atoms with E-state index in [0.717, 1.165) is 17.7 Å². The quantitative estimate of drug-likeness (QED) is 0.0390. The molecule has 10 heteroatoms. The number of hydrogen-bond acceptors (Lipinski definition) is 7. The summed E-state index contributed by atoms with van der Waals surface area (Å²) < 4.78 is 25.1. The van der Waals surface area contributed by atoms with E-state index < -0.39 is 15.0 Å². The van der Waals surface area contributed by atoms with Crippen LogP contribution in [0.2, 0.25) is 0 Å². The molecule has 1 N–H and O–H groups in total. The summed E-state index contributed by atoms with van der Waals surface area (Å²) in [6, 6.07) is 0. The van der Waals surface area contributed by atoms with Crippen LogP contribution in [0.1, 0.15) is 142 Å². The van der Waals surface area contributed by atoms with Gasteiger partial charge in [0.2, 0.25) is 0 Å². The van der Waals surface area contributed by atoms with Crippen molar-refractivity contribution in [3.63, 3.8) is 0 Å². The van der Waals surface area contributed by atoms with Crippen LogP contribution in [-0.4, -0.2) is 68.9 Å². The van der Waals surface area contributed by atoms with Gasteiger partial charge in [-0.05, 0) is 12.8 Å². The van der Waals surface area contributed by atoms with Crippen LogP contribution in [0.15, 0.2) is 0 Å². The molecule has 0 unspecified atom stereocenters. The number of unbranched alkanes of at least 4 members (excludes halogenated alkanes) is 18. The van der Waals surface area contributed by atoms with Gasteiger partial charge in [0, 0.05) is 56.8 Å². The molecule has 0 aliphatic rings. The van der Waals surface area contributed by atoms with Crippen LogP contribution in [0.25, 0.3) is 0 Å². The van der Waals surface area contributed by atoms with Crippen LogP contribution in [0.3, 0.4) is 0 Å². The molecule has 0 aromatic heterocycles. The molecule has 0 aliphatic carbocycles. The smallest absolute Gasteiger partial charge is 0.296 e. The van der Waals surface area contributed by atoms with Gasteiger partial charge in [0.1, 0.15) is 0 Å². The van der Waals surface area contributed by atoms with E-state index in [0.29, 0.717) is 19.8 Å². The van der Waals surface area contributed by atoms with E-state index in [2.05, 4.69) is 38.9 Å². The van der Waals surface area contributed by atoms with Crippen LogP contribution in [-0.2, 0) is 13.6 Å². The Morgan fingerprint density at radius 1 is 0.512 bits per heavy atom. The third-order valence-electron chi connectivity index (χ3n) is 7.27. The van der Waals surface area contributed by atoms with E-state index in [1.54, 1.807) is 0 Å². The summed E-state index contributed by atoms with van der Waals surface area (Å²) in [4.78, 5) is 0. The van der Waals surface area contributed by atoms with Crippen molar-refractivity contribution < 1.29 is 13.6 Å². The van der Waals surface area contributed by atoms with Crippen LogP contribution >= 0.6 is 58.2 Å². The summed E-state index contributed by atoms with van der Waals surface area (Å²) in [6.45, 7) is 13.1. The number of hydrogen-bond donors (Lipinski definition) is 1. The van der Waals surface area contributed by atoms with Crippen molar-refractivity contribution >= 4 is 58.2 Å². The Hall–Kier alpha value is 1.94. The van der Waals surface area contributed by atoms with Crippen molar-refractivity contribution in [1.82, 2.24) is 5.09 Å². The van der Waals surface area contributed by atoms with E-state index in [4.69, 9.17) is 9.05 Å². The molecule has 4 nitrogen and oxygen atoms in total. The van der Waals surface area contributed by atoms with Crippen molar-refractivity contribution in [2.24, 2.45) is 0 Å². The third-order valence-corrected chi connectivity index (χ3v) is 15.4. The highest BCUT2D eigenvalue weighted by atomic mass is 33.1. The third kappa shape index (κ3) is 36.6. The lowest BCUT2D eigenvalue weighted by molar-refractivity contribution is 0.214. The maximum absolute atomic E-state index is 13.4. The van der Waals surface area contributed by atoms with E-state index in [-0.39, 0.29) is 0 Å². The minimum absolute atomic E-state index is 0.464. The van der Waals surface area contributed by atoms with Gasteiger partial charge in [-0.1, -0.05) is 173 Å². The molecule has 0 radical (unpaired) electrons. The molecule has 43 heavy (non-hydrogen) atoms. The first kappa shape index (κ1) is 44.9. The summed E-state index contributed by atoms with van der Waals surface area (Å²) in [5.74, 6) is 4.06. The first-order valence-electron chi connectivity index (χ1n) is 17.8. The van der Waals surface area contributed by atoms with Gasteiger partial charge in [0.25, 0.3) is 0 Å². The fraction of sp³-hybridized carbons (Fsp3) is 1.00. The Labute approximate surface area is 286 Å². The van der Waals surface area contributed by atoms with Gasteiger partial charge >= 0.3 is 7.75 Å². The highest BCUT2D eigenvalue weighted by Gasteiger charge is 2.26. The molecule has 0 spiro atoms. The monoisotopic (exact) mass is 720 g/mol. The van der Waals surface area contributed by atoms with Gasteiger partial charge in [-0.15, -0.1) is 0 Å². The molecule has 0 saturated heterocycles. The van der Waals surface area contributed by atoms with Gasteiger partial charge in [-0.25, -0.2) is 9.65 Å². The Bertz CT molecular complexity index is 577. The summed E-state index contributed by atoms with van der Waals surface area (Å²) in [5.41, 5.74) is 0. The van der Waals surface area contributed by atoms with Gasteiger partial charge in [-0.2, -0.15) is 0 Å². The average molecular weight is 721 g/mol. The van der Waals surface area contributed by atoms with E-state index in [1.165, 1.54) is 140 Å². The molecule has 260 valence electrons.